The third-order valence-electron chi connectivity index (χ3n) is 7.91. The molecule has 1 N–H and O–H groups in total. The minimum Gasteiger partial charge on any atom is -0.393 e. The second-order valence-corrected chi connectivity index (χ2v) is 10.8. The van der Waals surface area contributed by atoms with E-state index in [2.05, 4.69) is 19.9 Å². The molecule has 2 aromatic carbocycles. The van der Waals surface area contributed by atoms with E-state index in [9.17, 15) is 23.1 Å². The zero-order valence-electron chi connectivity index (χ0n) is 23.3. The molecule has 0 unspecified atom stereocenters. The van der Waals surface area contributed by atoms with Gasteiger partial charge in [-0.05, 0) is 54.8 Å². The fourth-order valence-electron chi connectivity index (χ4n) is 5.54. The molecule has 4 aromatic rings. The number of Topliss-reactive ketones (excluding diaryl/α,β-unsaturated/α-hetero) is 1. The van der Waals surface area contributed by atoms with E-state index < -0.39 is 41.7 Å². The minimum atomic E-state index is -4.72. The Labute approximate surface area is 249 Å². The van der Waals surface area contributed by atoms with Gasteiger partial charge >= 0.3 is 6.18 Å². The molecule has 0 bridgehead atoms. The van der Waals surface area contributed by atoms with Gasteiger partial charge in [-0.1, -0.05) is 6.07 Å². The standard InChI is InChI=1S/C32H26F5N5O2/c33-25-4-3-18(14-28(44)19-12-20(32(35,36)37)15-21(13-19)42-10-6-22(43)7-11-42)29(34)24(25)16-27-23(2-1-8-38-27)30-31-26(5-9-39-31)40-17-41-30/h1-4,8-9,12-13,15,17,22,43H,5-7,10-11,14,16H2. The molecule has 0 radical (unpaired) electrons. The van der Waals surface area contributed by atoms with E-state index in [0.29, 0.717) is 55.0 Å². The number of aromatic nitrogens is 3. The molecule has 1 saturated heterocycles. The van der Waals surface area contributed by atoms with Crippen molar-refractivity contribution in [3.63, 3.8) is 0 Å². The lowest BCUT2D eigenvalue weighted by molar-refractivity contribution is -0.137. The van der Waals surface area contributed by atoms with Crippen LogP contribution in [0.4, 0.5) is 33.3 Å². The Balaban J connectivity index is 1.30. The highest BCUT2D eigenvalue weighted by atomic mass is 19.4. The lowest BCUT2D eigenvalue weighted by Gasteiger charge is -2.32. The van der Waals surface area contributed by atoms with Gasteiger partial charge in [0.25, 0.3) is 0 Å². The number of rotatable bonds is 7. The number of aliphatic hydroxyl groups excluding tert-OH is 1. The smallest absolute Gasteiger partial charge is 0.393 e. The molecule has 0 spiro atoms. The van der Waals surface area contributed by atoms with Gasteiger partial charge in [0.2, 0.25) is 0 Å². The normalized spacial score (nSPS) is 15.1. The van der Waals surface area contributed by atoms with Crippen LogP contribution in [0.15, 0.2) is 60.0 Å². The summed E-state index contributed by atoms with van der Waals surface area (Å²) in [4.78, 5) is 32.2. The molecular weight excluding hydrogens is 581 g/mol. The average Bonchev–Trinajstić information content (AvgIpc) is 3.50. The van der Waals surface area contributed by atoms with Crippen molar-refractivity contribution in [2.75, 3.05) is 18.0 Å². The number of anilines is 1. The van der Waals surface area contributed by atoms with Crippen LogP contribution in [0.5, 0.6) is 0 Å². The molecule has 0 amide bonds. The molecule has 226 valence electrons. The molecular formula is C32H26F5N5O2. The number of halogens is 5. The number of aliphatic imine (C=N–C) groups is 1. The van der Waals surface area contributed by atoms with Gasteiger partial charge in [-0.3, -0.25) is 14.8 Å². The molecule has 2 aliphatic heterocycles. The Morgan fingerprint density at radius 3 is 2.59 bits per heavy atom. The molecule has 4 heterocycles. The zero-order valence-corrected chi connectivity index (χ0v) is 23.3. The zero-order chi connectivity index (χ0) is 31.0. The quantitative estimate of drug-likeness (QED) is 0.203. The largest absolute Gasteiger partial charge is 0.416 e. The number of ketones is 1. The molecule has 2 aliphatic rings. The Morgan fingerprint density at radius 1 is 1.02 bits per heavy atom. The summed E-state index contributed by atoms with van der Waals surface area (Å²) in [6.07, 6.45) is -0.230. The van der Waals surface area contributed by atoms with Gasteiger partial charge in [0, 0.05) is 67.1 Å². The summed E-state index contributed by atoms with van der Waals surface area (Å²) >= 11 is 0. The molecule has 0 saturated carbocycles. The number of fused-ring (bicyclic) bond motifs is 1. The SMILES string of the molecule is O=C(Cc1ccc(F)c(Cc2ncccc2-c2ncnc3c2N=CC3)c1F)c1cc(N2CCC(O)CC2)cc(C(F)(F)F)c1. The topological polar surface area (TPSA) is 91.6 Å². The molecule has 2 aromatic heterocycles. The summed E-state index contributed by atoms with van der Waals surface area (Å²) in [7, 11) is 0. The highest BCUT2D eigenvalue weighted by Gasteiger charge is 2.33. The number of pyridine rings is 1. The predicted octanol–water partition coefficient (Wildman–Crippen LogP) is 6.07. The van der Waals surface area contributed by atoms with Crippen LogP contribution >= 0.6 is 0 Å². The van der Waals surface area contributed by atoms with E-state index in [0.717, 1.165) is 30.0 Å². The van der Waals surface area contributed by atoms with Gasteiger partial charge in [-0.25, -0.2) is 18.7 Å². The van der Waals surface area contributed by atoms with Crippen LogP contribution < -0.4 is 4.90 Å². The number of hydrogen-bond acceptors (Lipinski definition) is 7. The fourth-order valence-corrected chi connectivity index (χ4v) is 5.54. The van der Waals surface area contributed by atoms with Gasteiger partial charge in [0.1, 0.15) is 29.3 Å². The van der Waals surface area contributed by atoms with Crippen LogP contribution in [0, 0.1) is 11.6 Å². The van der Waals surface area contributed by atoms with Crippen molar-refractivity contribution < 1.29 is 31.9 Å². The molecule has 44 heavy (non-hydrogen) atoms. The lowest BCUT2D eigenvalue weighted by Crippen LogP contribution is -2.36. The summed E-state index contributed by atoms with van der Waals surface area (Å²) in [6.45, 7) is 0.650. The van der Waals surface area contributed by atoms with Crippen molar-refractivity contribution in [1.82, 2.24) is 15.0 Å². The van der Waals surface area contributed by atoms with Crippen LogP contribution in [0.3, 0.4) is 0 Å². The highest BCUT2D eigenvalue weighted by molar-refractivity contribution is 5.98. The second kappa shape index (κ2) is 11.8. The monoisotopic (exact) mass is 607 g/mol. The van der Waals surface area contributed by atoms with Gasteiger partial charge < -0.3 is 10.0 Å². The maximum Gasteiger partial charge on any atom is 0.416 e. The predicted molar refractivity (Wildman–Crippen MR) is 153 cm³/mol. The summed E-state index contributed by atoms with van der Waals surface area (Å²) < 4.78 is 72.2. The van der Waals surface area contributed by atoms with E-state index in [1.165, 1.54) is 18.6 Å². The molecule has 1 fully saturated rings. The number of carbonyl (C=O) groups is 1. The molecule has 12 heteroatoms. The average molecular weight is 608 g/mol. The van der Waals surface area contributed by atoms with Gasteiger partial charge in [0.05, 0.1) is 23.1 Å². The van der Waals surface area contributed by atoms with Crippen molar-refractivity contribution in [1.29, 1.82) is 0 Å². The molecule has 0 aliphatic carbocycles. The van der Waals surface area contributed by atoms with E-state index in [1.807, 2.05) is 0 Å². The summed E-state index contributed by atoms with van der Waals surface area (Å²) in [5, 5.41) is 9.80. The van der Waals surface area contributed by atoms with Crippen molar-refractivity contribution >= 4 is 23.4 Å². The molecule has 6 rings (SSSR count). The fraction of sp³-hybridized carbons (Fsp3) is 0.281. The van der Waals surface area contributed by atoms with Gasteiger partial charge in [-0.15, -0.1) is 0 Å². The molecule has 0 atom stereocenters. The minimum absolute atomic E-state index is 0.156. The third kappa shape index (κ3) is 5.94. The lowest BCUT2D eigenvalue weighted by atomic mass is 9.95. The van der Waals surface area contributed by atoms with E-state index in [-0.39, 0.29) is 28.8 Å². The van der Waals surface area contributed by atoms with Crippen LogP contribution in [-0.4, -0.2) is 51.2 Å². The first-order chi connectivity index (χ1) is 21.1. The van der Waals surface area contributed by atoms with Gasteiger partial charge in [0.15, 0.2) is 5.78 Å². The molecule has 7 nitrogen and oxygen atoms in total. The van der Waals surface area contributed by atoms with Crippen LogP contribution in [0.25, 0.3) is 11.3 Å². The van der Waals surface area contributed by atoms with Crippen LogP contribution in [0.2, 0.25) is 0 Å². The maximum atomic E-state index is 15.8. The first-order valence-corrected chi connectivity index (χ1v) is 14.0. The third-order valence-corrected chi connectivity index (χ3v) is 7.91. The Kier molecular flexibility index (Phi) is 7.93. The Morgan fingerprint density at radius 2 is 1.82 bits per heavy atom. The number of hydrogen-bond donors (Lipinski definition) is 1. The second-order valence-electron chi connectivity index (χ2n) is 10.8. The van der Waals surface area contributed by atoms with Gasteiger partial charge in [-0.2, -0.15) is 13.2 Å². The Bertz CT molecular complexity index is 1770. The van der Waals surface area contributed by atoms with Crippen LogP contribution in [-0.2, 0) is 25.4 Å². The Hall–Kier alpha value is -4.58. The van der Waals surface area contributed by atoms with Crippen LogP contribution in [0.1, 0.15) is 51.3 Å². The number of alkyl halides is 3. The summed E-state index contributed by atoms with van der Waals surface area (Å²) in [5.41, 5.74) is 1.06. The first kappa shape index (κ1) is 29.5. The van der Waals surface area contributed by atoms with E-state index in [4.69, 9.17) is 0 Å². The number of nitrogens with zero attached hydrogens (tertiary/aromatic N) is 5. The highest BCUT2D eigenvalue weighted by Crippen LogP contribution is 2.36. The summed E-state index contributed by atoms with van der Waals surface area (Å²) in [6, 6.07) is 8.61. The van der Waals surface area contributed by atoms with E-state index >= 15 is 8.78 Å². The van der Waals surface area contributed by atoms with Crippen molar-refractivity contribution in [3.05, 3.63) is 100 Å². The number of carbonyl (C=O) groups excluding carboxylic acids is 1. The number of benzene rings is 2. The van der Waals surface area contributed by atoms with Crippen molar-refractivity contribution in [2.45, 2.75) is 44.4 Å². The first-order valence-electron chi connectivity index (χ1n) is 14.0. The maximum absolute atomic E-state index is 15.8. The number of piperidine rings is 1. The summed E-state index contributed by atoms with van der Waals surface area (Å²) in [5.74, 6) is -2.58. The van der Waals surface area contributed by atoms with Crippen molar-refractivity contribution in [3.8, 4) is 11.3 Å². The van der Waals surface area contributed by atoms with Crippen molar-refractivity contribution in [2.24, 2.45) is 4.99 Å². The van der Waals surface area contributed by atoms with E-state index in [1.54, 1.807) is 23.2 Å². The number of aliphatic hydroxyl groups is 1.